The van der Waals surface area contributed by atoms with E-state index >= 15 is 0 Å². The fraction of sp³-hybridized carbons (Fsp3) is 0.900. The van der Waals surface area contributed by atoms with Gasteiger partial charge in [-0.2, -0.15) is 0 Å². The lowest BCUT2D eigenvalue weighted by molar-refractivity contribution is -0.159. The van der Waals surface area contributed by atoms with E-state index < -0.39 is 5.60 Å². The van der Waals surface area contributed by atoms with E-state index in [0.717, 1.165) is 0 Å². The predicted molar refractivity (Wildman–Crippen MR) is 55.7 cm³/mol. The first-order chi connectivity index (χ1) is 6.83. The summed E-state index contributed by atoms with van der Waals surface area (Å²) in [6.07, 6.45) is 0.571. The molecule has 0 aromatic rings. The van der Waals surface area contributed by atoms with E-state index in [-0.39, 0.29) is 24.5 Å². The quantitative estimate of drug-likeness (QED) is 0.497. The highest BCUT2D eigenvalue weighted by molar-refractivity contribution is 5.73. The van der Waals surface area contributed by atoms with E-state index in [9.17, 15) is 4.79 Å². The lowest BCUT2D eigenvalue weighted by Crippen LogP contribution is -2.38. The van der Waals surface area contributed by atoms with E-state index in [1.165, 1.54) is 5.01 Å². The van der Waals surface area contributed by atoms with Crippen molar-refractivity contribution >= 4 is 5.97 Å². The lowest BCUT2D eigenvalue weighted by Gasteiger charge is -2.21. The third kappa shape index (κ3) is 3.44. The Hall–Kier alpha value is -0.650. The first-order valence-electron chi connectivity index (χ1n) is 5.18. The molecule has 1 heterocycles. The van der Waals surface area contributed by atoms with Crippen LogP contribution < -0.4 is 5.84 Å². The normalized spacial score (nSPS) is 28.1. The lowest BCUT2D eigenvalue weighted by atomic mass is 10.1. The zero-order valence-electron chi connectivity index (χ0n) is 9.56. The molecule has 1 saturated heterocycles. The van der Waals surface area contributed by atoms with E-state index in [4.69, 9.17) is 15.7 Å². The third-order valence-electron chi connectivity index (χ3n) is 2.41. The summed E-state index contributed by atoms with van der Waals surface area (Å²) in [5.74, 6) is 5.20. The molecule has 0 aromatic heterocycles. The number of esters is 1. The van der Waals surface area contributed by atoms with Crippen LogP contribution in [0.15, 0.2) is 0 Å². The van der Waals surface area contributed by atoms with Gasteiger partial charge in [0.1, 0.15) is 5.60 Å². The molecule has 0 aromatic carbocycles. The van der Waals surface area contributed by atoms with Crippen LogP contribution in [0.4, 0.5) is 0 Å². The number of carbonyl (C=O) groups excluding carboxylic acids is 1. The van der Waals surface area contributed by atoms with Crippen molar-refractivity contribution in [2.24, 2.45) is 11.8 Å². The molecule has 0 aliphatic carbocycles. The molecule has 3 N–H and O–H groups in total. The highest BCUT2D eigenvalue weighted by Gasteiger charge is 2.36. The predicted octanol–water partition coefficient (Wildman–Crippen LogP) is -0.115. The minimum atomic E-state index is -0.464. The van der Waals surface area contributed by atoms with Crippen LogP contribution in [0.5, 0.6) is 0 Å². The number of nitrogens with zero attached hydrogens (tertiary/aromatic N) is 1. The van der Waals surface area contributed by atoms with E-state index in [0.29, 0.717) is 13.0 Å². The Bertz CT molecular complexity index is 237. The number of nitrogens with two attached hydrogens (primary N) is 1. The van der Waals surface area contributed by atoms with Gasteiger partial charge in [0.25, 0.3) is 0 Å². The van der Waals surface area contributed by atoms with Gasteiger partial charge in [-0.1, -0.05) is 0 Å². The van der Waals surface area contributed by atoms with E-state index in [1.807, 2.05) is 20.8 Å². The number of hydrazine groups is 1. The Labute approximate surface area is 90.2 Å². The van der Waals surface area contributed by atoms with Crippen LogP contribution in [-0.2, 0) is 9.53 Å². The van der Waals surface area contributed by atoms with Crippen molar-refractivity contribution in [3.8, 4) is 0 Å². The summed E-state index contributed by atoms with van der Waals surface area (Å²) in [7, 11) is 0. The molecule has 15 heavy (non-hydrogen) atoms. The summed E-state index contributed by atoms with van der Waals surface area (Å²) in [5.41, 5.74) is -0.464. The summed E-state index contributed by atoms with van der Waals surface area (Å²) in [6, 6.07) is -0.123. The molecular formula is C10H20N2O3. The number of hydrogen-bond donors (Lipinski definition) is 2. The Morgan fingerprint density at radius 3 is 2.60 bits per heavy atom. The minimum Gasteiger partial charge on any atom is -0.460 e. The maximum Gasteiger partial charge on any atom is 0.310 e. The first-order valence-corrected chi connectivity index (χ1v) is 5.18. The van der Waals surface area contributed by atoms with Gasteiger partial charge in [0.15, 0.2) is 0 Å². The number of rotatable bonds is 2. The molecular weight excluding hydrogens is 196 g/mol. The summed E-state index contributed by atoms with van der Waals surface area (Å²) in [5, 5.41) is 10.5. The third-order valence-corrected chi connectivity index (χ3v) is 2.41. The number of carbonyl (C=O) groups is 1. The summed E-state index contributed by atoms with van der Waals surface area (Å²) >= 11 is 0. The van der Waals surface area contributed by atoms with Gasteiger partial charge in [-0.25, -0.2) is 5.01 Å². The van der Waals surface area contributed by atoms with Crippen molar-refractivity contribution < 1.29 is 14.6 Å². The molecule has 1 fully saturated rings. The van der Waals surface area contributed by atoms with Crippen molar-refractivity contribution in [1.29, 1.82) is 0 Å². The summed E-state index contributed by atoms with van der Waals surface area (Å²) in [6.45, 7) is 5.95. The van der Waals surface area contributed by atoms with Gasteiger partial charge in [0.05, 0.1) is 12.5 Å². The highest BCUT2D eigenvalue weighted by atomic mass is 16.6. The fourth-order valence-electron chi connectivity index (χ4n) is 1.68. The average Bonchev–Trinajstić information content (AvgIpc) is 2.43. The molecule has 2 atom stereocenters. The molecule has 0 spiro atoms. The first kappa shape index (κ1) is 12.4. The van der Waals surface area contributed by atoms with Crippen LogP contribution in [0.25, 0.3) is 0 Å². The molecule has 1 aliphatic rings. The highest BCUT2D eigenvalue weighted by Crippen LogP contribution is 2.23. The molecule has 0 bridgehead atoms. The van der Waals surface area contributed by atoms with Crippen molar-refractivity contribution in [1.82, 2.24) is 5.01 Å². The average molecular weight is 216 g/mol. The second-order valence-corrected chi connectivity index (χ2v) is 5.00. The van der Waals surface area contributed by atoms with Gasteiger partial charge in [-0.05, 0) is 27.2 Å². The van der Waals surface area contributed by atoms with Gasteiger partial charge in [0.2, 0.25) is 0 Å². The number of ether oxygens (including phenoxy) is 1. The fourth-order valence-corrected chi connectivity index (χ4v) is 1.68. The van der Waals surface area contributed by atoms with Gasteiger partial charge < -0.3 is 9.84 Å². The van der Waals surface area contributed by atoms with Gasteiger partial charge >= 0.3 is 5.97 Å². The summed E-state index contributed by atoms with van der Waals surface area (Å²) in [4.78, 5) is 11.7. The number of aliphatic hydroxyl groups is 1. The molecule has 88 valence electrons. The van der Waals surface area contributed by atoms with Crippen molar-refractivity contribution in [2.75, 3.05) is 13.2 Å². The van der Waals surface area contributed by atoms with Crippen molar-refractivity contribution in [3.63, 3.8) is 0 Å². The Morgan fingerprint density at radius 1 is 1.60 bits per heavy atom. The Morgan fingerprint density at radius 2 is 2.20 bits per heavy atom. The van der Waals surface area contributed by atoms with Crippen molar-refractivity contribution in [3.05, 3.63) is 0 Å². The molecule has 5 nitrogen and oxygen atoms in total. The maximum atomic E-state index is 11.7. The van der Waals surface area contributed by atoms with Crippen LogP contribution >= 0.6 is 0 Å². The van der Waals surface area contributed by atoms with Crippen LogP contribution in [0.2, 0.25) is 0 Å². The smallest absolute Gasteiger partial charge is 0.310 e. The summed E-state index contributed by atoms with van der Waals surface area (Å²) < 4.78 is 5.26. The standard InChI is InChI=1S/C10H20N2O3/c1-10(2,3)15-9(14)7-4-8(6-13)12(11)5-7/h7-8,13H,4-6,11H2,1-3H3/t7-,8+/m0/s1. The Kier molecular flexibility index (Phi) is 3.70. The molecule has 0 unspecified atom stereocenters. The van der Waals surface area contributed by atoms with Crippen LogP contribution in [-0.4, -0.2) is 40.9 Å². The molecule has 1 rings (SSSR count). The maximum absolute atomic E-state index is 11.7. The van der Waals surface area contributed by atoms with Crippen LogP contribution in [0.1, 0.15) is 27.2 Å². The molecule has 0 radical (unpaired) electrons. The second-order valence-electron chi connectivity index (χ2n) is 5.00. The van der Waals surface area contributed by atoms with Crippen LogP contribution in [0.3, 0.4) is 0 Å². The molecule has 5 heteroatoms. The number of hydrogen-bond acceptors (Lipinski definition) is 5. The topological polar surface area (TPSA) is 75.8 Å². The zero-order chi connectivity index (χ0) is 11.6. The largest absolute Gasteiger partial charge is 0.460 e. The van der Waals surface area contributed by atoms with Gasteiger partial charge in [-0.15, -0.1) is 0 Å². The Balaban J connectivity index is 2.50. The van der Waals surface area contributed by atoms with Gasteiger partial charge in [-0.3, -0.25) is 10.6 Å². The van der Waals surface area contributed by atoms with Crippen molar-refractivity contribution in [2.45, 2.75) is 38.8 Å². The molecule has 1 aliphatic heterocycles. The minimum absolute atomic E-state index is 0.0181. The van der Waals surface area contributed by atoms with Crippen LogP contribution in [0, 0.1) is 5.92 Å². The van der Waals surface area contributed by atoms with Gasteiger partial charge in [0, 0.05) is 12.6 Å². The van der Waals surface area contributed by atoms with E-state index in [1.54, 1.807) is 0 Å². The van der Waals surface area contributed by atoms with E-state index in [2.05, 4.69) is 0 Å². The number of aliphatic hydroxyl groups excluding tert-OH is 1. The zero-order valence-corrected chi connectivity index (χ0v) is 9.56. The molecule has 0 saturated carbocycles. The SMILES string of the molecule is CC(C)(C)OC(=O)[C@H]1C[C@H](CO)N(N)C1. The second kappa shape index (κ2) is 4.47. The monoisotopic (exact) mass is 216 g/mol. The molecule has 0 amide bonds.